The van der Waals surface area contributed by atoms with E-state index in [0.717, 1.165) is 0 Å². The summed E-state index contributed by atoms with van der Waals surface area (Å²) in [6, 6.07) is -0.534. The summed E-state index contributed by atoms with van der Waals surface area (Å²) in [6.07, 6.45) is 1.54. The van der Waals surface area contributed by atoms with Crippen LogP contribution in [0.25, 0.3) is 0 Å². The monoisotopic (exact) mass is 200 g/mol. The van der Waals surface area contributed by atoms with Gasteiger partial charge in [-0.2, -0.15) is 0 Å². The second-order valence-corrected chi connectivity index (χ2v) is 4.00. The molecule has 0 saturated carbocycles. The van der Waals surface area contributed by atoms with Crippen LogP contribution in [0, 0.1) is 0 Å². The standard InChI is InChI=1S/C7H8N2O3S/c8-4-5(10)9-3(7(11)12)1-2-13-6(4)9/h1,4,6H,2,8H2,(H,11,12)/t4-,6+/m1/s1. The molecule has 0 aliphatic carbocycles. The largest absolute Gasteiger partial charge is 0.477 e. The van der Waals surface area contributed by atoms with Crippen LogP contribution in [0.4, 0.5) is 0 Å². The lowest BCUT2D eigenvalue weighted by Crippen LogP contribution is -2.68. The van der Waals surface area contributed by atoms with Crippen LogP contribution in [-0.4, -0.2) is 39.1 Å². The number of thioether (sulfide) groups is 1. The molecule has 2 rings (SSSR count). The zero-order chi connectivity index (χ0) is 9.59. The molecule has 6 heteroatoms. The molecule has 3 N–H and O–H groups in total. The summed E-state index contributed by atoms with van der Waals surface area (Å²) in [6.45, 7) is 0. The summed E-state index contributed by atoms with van der Waals surface area (Å²) in [5.41, 5.74) is 5.57. The fourth-order valence-electron chi connectivity index (χ4n) is 1.43. The van der Waals surface area contributed by atoms with Crippen molar-refractivity contribution < 1.29 is 14.7 Å². The van der Waals surface area contributed by atoms with Crippen LogP contribution < -0.4 is 5.73 Å². The minimum Gasteiger partial charge on any atom is -0.477 e. The Labute approximate surface area is 78.6 Å². The number of nitrogens with zero attached hydrogens (tertiary/aromatic N) is 1. The van der Waals surface area contributed by atoms with Gasteiger partial charge in [-0.3, -0.25) is 9.69 Å². The van der Waals surface area contributed by atoms with Gasteiger partial charge in [-0.25, -0.2) is 4.79 Å². The summed E-state index contributed by atoms with van der Waals surface area (Å²) >= 11 is 1.49. The number of carboxylic acid groups (broad SMARTS) is 1. The lowest BCUT2D eigenvalue weighted by Gasteiger charge is -2.46. The quantitative estimate of drug-likeness (QED) is 0.541. The highest BCUT2D eigenvalue weighted by molar-refractivity contribution is 8.00. The first kappa shape index (κ1) is 8.58. The van der Waals surface area contributed by atoms with Crippen LogP contribution >= 0.6 is 11.8 Å². The summed E-state index contributed by atoms with van der Waals surface area (Å²) in [4.78, 5) is 23.1. The topological polar surface area (TPSA) is 83.6 Å². The van der Waals surface area contributed by atoms with E-state index in [0.29, 0.717) is 5.75 Å². The molecule has 0 bridgehead atoms. The highest BCUT2D eigenvalue weighted by Crippen LogP contribution is 2.36. The van der Waals surface area contributed by atoms with E-state index in [1.165, 1.54) is 22.7 Å². The molecule has 0 aromatic heterocycles. The Morgan fingerprint density at radius 2 is 2.46 bits per heavy atom. The predicted molar refractivity (Wildman–Crippen MR) is 46.8 cm³/mol. The fraction of sp³-hybridized carbons (Fsp3) is 0.429. The highest BCUT2D eigenvalue weighted by Gasteiger charge is 2.49. The van der Waals surface area contributed by atoms with Gasteiger partial charge < -0.3 is 10.8 Å². The first-order valence-corrected chi connectivity index (χ1v) is 4.81. The van der Waals surface area contributed by atoms with Gasteiger partial charge in [-0.1, -0.05) is 0 Å². The van der Waals surface area contributed by atoms with Crippen molar-refractivity contribution >= 4 is 23.6 Å². The van der Waals surface area contributed by atoms with E-state index in [2.05, 4.69) is 0 Å². The first-order chi connectivity index (χ1) is 6.13. The molecule has 1 saturated heterocycles. The van der Waals surface area contributed by atoms with Gasteiger partial charge in [-0.05, 0) is 6.08 Å². The molecular weight excluding hydrogens is 192 g/mol. The van der Waals surface area contributed by atoms with E-state index < -0.39 is 12.0 Å². The van der Waals surface area contributed by atoms with Crippen molar-refractivity contribution in [2.24, 2.45) is 5.73 Å². The second kappa shape index (κ2) is 2.74. The molecule has 0 aromatic rings. The number of hydrogen-bond acceptors (Lipinski definition) is 4. The van der Waals surface area contributed by atoms with Crippen LogP contribution in [0.15, 0.2) is 11.8 Å². The van der Waals surface area contributed by atoms with Gasteiger partial charge in [-0.15, -0.1) is 11.8 Å². The van der Waals surface area contributed by atoms with Gasteiger partial charge in [0.05, 0.1) is 0 Å². The summed E-state index contributed by atoms with van der Waals surface area (Å²) in [5, 5.41) is 8.57. The highest BCUT2D eigenvalue weighted by atomic mass is 32.2. The van der Waals surface area contributed by atoms with E-state index in [1.807, 2.05) is 0 Å². The molecule has 13 heavy (non-hydrogen) atoms. The molecule has 1 fully saturated rings. The van der Waals surface area contributed by atoms with Gasteiger partial charge in [0.1, 0.15) is 17.1 Å². The van der Waals surface area contributed by atoms with Crippen molar-refractivity contribution in [1.29, 1.82) is 0 Å². The van der Waals surface area contributed by atoms with Crippen LogP contribution in [0.5, 0.6) is 0 Å². The van der Waals surface area contributed by atoms with Crippen LogP contribution in [0.2, 0.25) is 0 Å². The fourth-order valence-corrected chi connectivity index (χ4v) is 2.58. The second-order valence-electron chi connectivity index (χ2n) is 2.85. The summed E-state index contributed by atoms with van der Waals surface area (Å²) in [5.74, 6) is -0.763. The van der Waals surface area contributed by atoms with E-state index in [1.54, 1.807) is 0 Å². The Bertz CT molecular complexity index is 315. The minimum atomic E-state index is -1.06. The Morgan fingerprint density at radius 1 is 1.77 bits per heavy atom. The average molecular weight is 200 g/mol. The summed E-state index contributed by atoms with van der Waals surface area (Å²) in [7, 11) is 0. The predicted octanol–water partition coefficient (Wildman–Crippen LogP) is -0.803. The third-order valence-electron chi connectivity index (χ3n) is 2.11. The molecule has 0 unspecified atom stereocenters. The molecule has 0 spiro atoms. The van der Waals surface area contributed by atoms with Crippen LogP contribution in [-0.2, 0) is 9.59 Å². The Hall–Kier alpha value is -1.01. The third kappa shape index (κ3) is 1.06. The zero-order valence-electron chi connectivity index (χ0n) is 6.64. The van der Waals surface area contributed by atoms with Gasteiger partial charge in [0.15, 0.2) is 0 Å². The van der Waals surface area contributed by atoms with E-state index >= 15 is 0 Å². The number of carbonyl (C=O) groups is 2. The molecular formula is C7H8N2O3S. The summed E-state index contributed by atoms with van der Waals surface area (Å²) < 4.78 is 0. The Balaban J connectivity index is 2.27. The SMILES string of the molecule is N[C@@H]1C(=O)N2C(C(=O)O)=CCS[C@@H]12. The number of fused-ring (bicyclic) bond motifs is 1. The number of amides is 1. The smallest absolute Gasteiger partial charge is 0.352 e. The van der Waals surface area contributed by atoms with E-state index in [-0.39, 0.29) is 17.0 Å². The molecule has 2 atom stereocenters. The number of rotatable bonds is 1. The maximum absolute atomic E-state index is 11.2. The Kier molecular flexibility index (Phi) is 1.81. The zero-order valence-corrected chi connectivity index (χ0v) is 7.45. The lowest BCUT2D eigenvalue weighted by molar-refractivity contribution is -0.147. The van der Waals surface area contributed by atoms with E-state index in [9.17, 15) is 9.59 Å². The molecule has 0 radical (unpaired) electrons. The normalized spacial score (nSPS) is 31.9. The van der Waals surface area contributed by atoms with Gasteiger partial charge in [0, 0.05) is 5.75 Å². The maximum Gasteiger partial charge on any atom is 0.352 e. The lowest BCUT2D eigenvalue weighted by atomic mass is 10.1. The van der Waals surface area contributed by atoms with Crippen molar-refractivity contribution in [3.63, 3.8) is 0 Å². The number of hydrogen-bond donors (Lipinski definition) is 2. The number of carboxylic acids is 1. The molecule has 0 aromatic carbocycles. The van der Waals surface area contributed by atoms with Crippen molar-refractivity contribution in [3.8, 4) is 0 Å². The van der Waals surface area contributed by atoms with Gasteiger partial charge in [0.2, 0.25) is 5.91 Å². The molecule has 2 aliphatic rings. The van der Waals surface area contributed by atoms with Gasteiger partial charge in [0.25, 0.3) is 0 Å². The first-order valence-electron chi connectivity index (χ1n) is 3.76. The van der Waals surface area contributed by atoms with Crippen LogP contribution in [0.3, 0.4) is 0 Å². The molecule has 1 amide bonds. The van der Waals surface area contributed by atoms with Crippen molar-refractivity contribution in [2.75, 3.05) is 5.75 Å². The maximum atomic E-state index is 11.2. The molecule has 70 valence electrons. The minimum absolute atomic E-state index is 0.0652. The number of nitrogens with two attached hydrogens (primary N) is 1. The van der Waals surface area contributed by atoms with Crippen molar-refractivity contribution in [1.82, 2.24) is 4.90 Å². The van der Waals surface area contributed by atoms with Crippen molar-refractivity contribution in [2.45, 2.75) is 11.4 Å². The molecule has 5 nitrogen and oxygen atoms in total. The van der Waals surface area contributed by atoms with Crippen molar-refractivity contribution in [3.05, 3.63) is 11.8 Å². The average Bonchev–Trinajstić information content (AvgIpc) is 2.15. The number of carbonyl (C=O) groups excluding carboxylic acids is 1. The number of aliphatic carboxylic acids is 1. The third-order valence-corrected chi connectivity index (χ3v) is 3.31. The van der Waals surface area contributed by atoms with E-state index in [4.69, 9.17) is 10.8 Å². The van der Waals surface area contributed by atoms with Gasteiger partial charge >= 0.3 is 5.97 Å². The Morgan fingerprint density at radius 3 is 3.08 bits per heavy atom. The number of β-lactam (4-membered cyclic amide) rings is 1. The molecule has 2 aliphatic heterocycles. The van der Waals surface area contributed by atoms with Crippen LogP contribution in [0.1, 0.15) is 0 Å². The molecule has 2 heterocycles.